The van der Waals surface area contributed by atoms with Crippen molar-refractivity contribution in [2.75, 3.05) is 11.9 Å². The van der Waals surface area contributed by atoms with Gasteiger partial charge in [0.1, 0.15) is 11.6 Å². The van der Waals surface area contributed by atoms with Gasteiger partial charge < -0.3 is 5.32 Å². The van der Waals surface area contributed by atoms with Crippen molar-refractivity contribution in [3.8, 4) is 0 Å². The number of benzene rings is 1. The zero-order valence-corrected chi connectivity index (χ0v) is 18.0. The Morgan fingerprint density at radius 2 is 1.48 bits per heavy atom. The van der Waals surface area contributed by atoms with Crippen molar-refractivity contribution < 1.29 is 0 Å². The highest BCUT2D eigenvalue weighted by atomic mass is 15.0. The molecule has 0 saturated carbocycles. The SMILES string of the molecule is CCCCNc1nc(C)ncc1CCCCc1cc(CC)c(CC)cc1C. The minimum Gasteiger partial charge on any atom is -0.370 e. The quantitative estimate of drug-likeness (QED) is 0.495. The van der Waals surface area contributed by atoms with E-state index in [4.69, 9.17) is 0 Å². The largest absolute Gasteiger partial charge is 0.370 e. The van der Waals surface area contributed by atoms with E-state index >= 15 is 0 Å². The first-order valence-corrected chi connectivity index (χ1v) is 10.8. The summed E-state index contributed by atoms with van der Waals surface area (Å²) >= 11 is 0. The van der Waals surface area contributed by atoms with Gasteiger partial charge in [-0.3, -0.25) is 0 Å². The summed E-state index contributed by atoms with van der Waals surface area (Å²) in [6.07, 6.45) is 11.2. The van der Waals surface area contributed by atoms with Crippen molar-refractivity contribution in [2.45, 2.75) is 86.0 Å². The van der Waals surface area contributed by atoms with Gasteiger partial charge in [-0.1, -0.05) is 39.3 Å². The van der Waals surface area contributed by atoms with Crippen molar-refractivity contribution in [3.05, 3.63) is 52.0 Å². The van der Waals surface area contributed by atoms with Gasteiger partial charge in [0.25, 0.3) is 0 Å². The number of nitrogens with one attached hydrogen (secondary N) is 1. The van der Waals surface area contributed by atoms with Gasteiger partial charge in [-0.2, -0.15) is 0 Å². The Kier molecular flexibility index (Phi) is 8.77. The van der Waals surface area contributed by atoms with Crippen LogP contribution in [0, 0.1) is 13.8 Å². The molecule has 0 fully saturated rings. The predicted molar refractivity (Wildman–Crippen MR) is 117 cm³/mol. The average molecular weight is 368 g/mol. The lowest BCUT2D eigenvalue weighted by atomic mass is 9.93. The summed E-state index contributed by atoms with van der Waals surface area (Å²) in [5.74, 6) is 1.88. The van der Waals surface area contributed by atoms with Crippen molar-refractivity contribution in [3.63, 3.8) is 0 Å². The molecule has 1 aromatic carbocycles. The highest BCUT2D eigenvalue weighted by molar-refractivity contribution is 5.43. The molecule has 0 bridgehead atoms. The first-order chi connectivity index (χ1) is 13.1. The number of rotatable bonds is 11. The molecule has 0 aliphatic carbocycles. The Balaban J connectivity index is 1.93. The van der Waals surface area contributed by atoms with Crippen molar-refractivity contribution >= 4 is 5.82 Å². The van der Waals surface area contributed by atoms with Crippen LogP contribution in [0.4, 0.5) is 5.82 Å². The maximum Gasteiger partial charge on any atom is 0.132 e. The van der Waals surface area contributed by atoms with E-state index in [-0.39, 0.29) is 0 Å². The second-order valence-electron chi connectivity index (χ2n) is 7.53. The zero-order valence-electron chi connectivity index (χ0n) is 18.0. The van der Waals surface area contributed by atoms with Crippen LogP contribution >= 0.6 is 0 Å². The standard InChI is InChI=1S/C24H37N3/c1-6-9-14-25-24-23(17-26-19(5)27-24)13-11-10-12-22-16-21(8-3)20(7-2)15-18(22)4/h15-17H,6-14H2,1-5H3,(H,25,26,27). The molecule has 148 valence electrons. The third-order valence-electron chi connectivity index (χ3n) is 5.37. The molecule has 3 heteroatoms. The zero-order chi connectivity index (χ0) is 19.6. The van der Waals surface area contributed by atoms with Gasteiger partial charge in [-0.05, 0) is 81.0 Å². The molecule has 0 atom stereocenters. The number of anilines is 1. The van der Waals surface area contributed by atoms with E-state index in [1.165, 1.54) is 53.5 Å². The molecule has 0 aliphatic rings. The summed E-state index contributed by atoms with van der Waals surface area (Å²) in [6, 6.07) is 4.85. The average Bonchev–Trinajstić information content (AvgIpc) is 2.67. The Morgan fingerprint density at radius 1 is 0.815 bits per heavy atom. The highest BCUT2D eigenvalue weighted by Crippen LogP contribution is 2.21. The minimum absolute atomic E-state index is 0.844. The monoisotopic (exact) mass is 367 g/mol. The first-order valence-electron chi connectivity index (χ1n) is 10.8. The van der Waals surface area contributed by atoms with Crippen LogP contribution in [-0.2, 0) is 25.7 Å². The number of hydrogen-bond donors (Lipinski definition) is 1. The molecule has 0 radical (unpaired) electrons. The van der Waals surface area contributed by atoms with Crippen LogP contribution in [0.25, 0.3) is 0 Å². The summed E-state index contributed by atoms with van der Waals surface area (Å²) in [5, 5.41) is 3.50. The summed E-state index contributed by atoms with van der Waals surface area (Å²) in [5.41, 5.74) is 7.25. The van der Waals surface area contributed by atoms with Crippen molar-refractivity contribution in [1.82, 2.24) is 9.97 Å². The fourth-order valence-electron chi connectivity index (χ4n) is 3.64. The van der Waals surface area contributed by atoms with Gasteiger partial charge in [0, 0.05) is 18.3 Å². The second-order valence-corrected chi connectivity index (χ2v) is 7.53. The topological polar surface area (TPSA) is 37.8 Å². The Morgan fingerprint density at radius 3 is 2.15 bits per heavy atom. The van der Waals surface area contributed by atoms with Crippen LogP contribution in [0.2, 0.25) is 0 Å². The molecule has 0 amide bonds. The molecule has 2 rings (SSSR count). The van der Waals surface area contributed by atoms with Crippen LogP contribution < -0.4 is 5.32 Å². The van der Waals surface area contributed by atoms with E-state index in [9.17, 15) is 0 Å². The lowest BCUT2D eigenvalue weighted by Crippen LogP contribution is -2.08. The van der Waals surface area contributed by atoms with Gasteiger partial charge in [0.2, 0.25) is 0 Å². The summed E-state index contributed by atoms with van der Waals surface area (Å²) in [6.45, 7) is 11.9. The Labute approximate surface area is 166 Å². The number of unbranched alkanes of at least 4 members (excludes halogenated alkanes) is 2. The number of nitrogens with zero attached hydrogens (tertiary/aromatic N) is 2. The molecule has 2 aromatic rings. The molecular formula is C24H37N3. The molecule has 1 aromatic heterocycles. The number of aromatic nitrogens is 2. The summed E-state index contributed by atoms with van der Waals surface area (Å²) in [4.78, 5) is 9.03. The third kappa shape index (κ3) is 6.34. The van der Waals surface area contributed by atoms with E-state index in [1.54, 1.807) is 0 Å². The van der Waals surface area contributed by atoms with Gasteiger partial charge in [-0.15, -0.1) is 0 Å². The maximum atomic E-state index is 4.62. The van der Waals surface area contributed by atoms with E-state index in [1.807, 2.05) is 13.1 Å². The molecule has 0 saturated heterocycles. The van der Waals surface area contributed by atoms with E-state index in [2.05, 4.69) is 55.1 Å². The van der Waals surface area contributed by atoms with Gasteiger partial charge in [-0.25, -0.2) is 9.97 Å². The second kappa shape index (κ2) is 11.1. The molecule has 0 aliphatic heterocycles. The van der Waals surface area contributed by atoms with Crippen LogP contribution in [0.3, 0.4) is 0 Å². The lowest BCUT2D eigenvalue weighted by Gasteiger charge is -2.13. The lowest BCUT2D eigenvalue weighted by molar-refractivity contribution is 0.725. The highest BCUT2D eigenvalue weighted by Gasteiger charge is 2.08. The third-order valence-corrected chi connectivity index (χ3v) is 5.37. The molecule has 3 nitrogen and oxygen atoms in total. The van der Waals surface area contributed by atoms with Crippen LogP contribution in [0.15, 0.2) is 18.3 Å². The van der Waals surface area contributed by atoms with Crippen molar-refractivity contribution in [2.24, 2.45) is 0 Å². The first kappa shape index (κ1) is 21.4. The molecule has 0 unspecified atom stereocenters. The van der Waals surface area contributed by atoms with E-state index < -0.39 is 0 Å². The minimum atomic E-state index is 0.844. The number of aryl methyl sites for hydroxylation is 6. The molecule has 27 heavy (non-hydrogen) atoms. The van der Waals surface area contributed by atoms with Gasteiger partial charge >= 0.3 is 0 Å². The van der Waals surface area contributed by atoms with Crippen LogP contribution in [-0.4, -0.2) is 16.5 Å². The molecule has 0 spiro atoms. The Bertz CT molecular complexity index is 722. The van der Waals surface area contributed by atoms with Crippen LogP contribution in [0.1, 0.15) is 80.1 Å². The van der Waals surface area contributed by atoms with E-state index in [0.29, 0.717) is 0 Å². The van der Waals surface area contributed by atoms with Crippen LogP contribution in [0.5, 0.6) is 0 Å². The fourth-order valence-corrected chi connectivity index (χ4v) is 3.64. The maximum absolute atomic E-state index is 4.62. The van der Waals surface area contributed by atoms with Gasteiger partial charge in [0.15, 0.2) is 0 Å². The predicted octanol–water partition coefficient (Wildman–Crippen LogP) is 6.00. The Hall–Kier alpha value is -1.90. The summed E-state index contributed by atoms with van der Waals surface area (Å²) in [7, 11) is 0. The molecular weight excluding hydrogens is 330 g/mol. The smallest absolute Gasteiger partial charge is 0.132 e. The van der Waals surface area contributed by atoms with E-state index in [0.717, 1.165) is 43.9 Å². The fraction of sp³-hybridized carbons (Fsp3) is 0.583. The molecule has 1 heterocycles. The summed E-state index contributed by atoms with van der Waals surface area (Å²) < 4.78 is 0. The molecule has 1 N–H and O–H groups in total. The normalized spacial score (nSPS) is 11.0. The number of hydrogen-bond acceptors (Lipinski definition) is 3. The van der Waals surface area contributed by atoms with Gasteiger partial charge in [0.05, 0.1) is 0 Å². The van der Waals surface area contributed by atoms with Crippen molar-refractivity contribution in [1.29, 1.82) is 0 Å².